The summed E-state index contributed by atoms with van der Waals surface area (Å²) < 4.78 is 27.8. The molecule has 1 aromatic rings. The molecule has 0 atom stereocenters. The van der Waals surface area contributed by atoms with Crippen LogP contribution >= 0.6 is 0 Å². The molecule has 1 heterocycles. The Hall–Kier alpha value is -0.980. The van der Waals surface area contributed by atoms with E-state index in [4.69, 9.17) is 0 Å². The number of pyridine rings is 1. The Morgan fingerprint density at radius 2 is 1.63 bits per heavy atom. The minimum absolute atomic E-state index is 0.370. The molecule has 0 N–H and O–H groups in total. The van der Waals surface area contributed by atoms with Crippen molar-refractivity contribution in [3.05, 3.63) is 30.1 Å². The molecule has 0 aliphatic heterocycles. The maximum absolute atomic E-state index is 12.5. The number of hydrogen-bond acceptors (Lipinski definition) is 3. The third-order valence-corrected chi connectivity index (χ3v) is 4.76. The summed E-state index contributed by atoms with van der Waals surface area (Å²) in [5.74, 6) is 0. The molecular weight excluding hydrogens is 262 g/mol. The third-order valence-electron chi connectivity index (χ3n) is 2.82. The lowest BCUT2D eigenvalue weighted by Gasteiger charge is -2.27. The van der Waals surface area contributed by atoms with Crippen LogP contribution in [-0.2, 0) is 16.8 Å². The minimum Gasteiger partial charge on any atom is -0.265 e. The van der Waals surface area contributed by atoms with Crippen LogP contribution in [0.5, 0.6) is 0 Å². The zero-order valence-corrected chi connectivity index (χ0v) is 12.7. The van der Waals surface area contributed by atoms with Gasteiger partial charge in [0.2, 0.25) is 0 Å². The molecule has 0 amide bonds. The summed E-state index contributed by atoms with van der Waals surface area (Å²) in [6.07, 6.45) is 4.99. The highest BCUT2D eigenvalue weighted by Gasteiger charge is 2.25. The normalized spacial score (nSPS) is 12.3. The van der Waals surface area contributed by atoms with Gasteiger partial charge in [-0.05, 0) is 30.5 Å². The SMILES string of the molecule is CCCN(CCC)S(=O)(=O)N(C)Cc1ccncc1. The van der Waals surface area contributed by atoms with Crippen LogP contribution < -0.4 is 0 Å². The molecule has 5 nitrogen and oxygen atoms in total. The largest absolute Gasteiger partial charge is 0.282 e. The van der Waals surface area contributed by atoms with Gasteiger partial charge in [-0.25, -0.2) is 0 Å². The van der Waals surface area contributed by atoms with Gasteiger partial charge in [-0.2, -0.15) is 17.0 Å². The fraction of sp³-hybridized carbons (Fsp3) is 0.615. The predicted molar refractivity (Wildman–Crippen MR) is 76.8 cm³/mol. The molecule has 0 aromatic carbocycles. The lowest BCUT2D eigenvalue weighted by Crippen LogP contribution is -2.42. The van der Waals surface area contributed by atoms with Crippen molar-refractivity contribution in [3.8, 4) is 0 Å². The molecule has 0 bridgehead atoms. The standard InChI is InChI=1S/C13H23N3O2S/c1-4-10-16(11-5-2)19(17,18)15(3)12-13-6-8-14-9-7-13/h6-9H,4-5,10-12H2,1-3H3. The second-order valence-corrected chi connectivity index (χ2v) is 6.55. The zero-order chi connectivity index (χ0) is 14.3. The molecule has 6 heteroatoms. The summed E-state index contributed by atoms with van der Waals surface area (Å²) in [5, 5.41) is 0. The highest BCUT2D eigenvalue weighted by molar-refractivity contribution is 7.86. The van der Waals surface area contributed by atoms with Gasteiger partial charge in [-0.3, -0.25) is 4.98 Å². The lowest BCUT2D eigenvalue weighted by molar-refractivity contribution is 0.355. The Morgan fingerprint density at radius 3 is 2.11 bits per heavy atom. The first-order valence-corrected chi connectivity index (χ1v) is 8.02. The van der Waals surface area contributed by atoms with Crippen LogP contribution in [0.3, 0.4) is 0 Å². The molecule has 108 valence electrons. The van der Waals surface area contributed by atoms with Crippen molar-refractivity contribution in [2.45, 2.75) is 33.2 Å². The molecule has 0 saturated carbocycles. The predicted octanol–water partition coefficient (Wildman–Crippen LogP) is 1.88. The fourth-order valence-corrected chi connectivity index (χ4v) is 3.40. The fourth-order valence-electron chi connectivity index (χ4n) is 1.87. The number of hydrogen-bond donors (Lipinski definition) is 0. The quantitative estimate of drug-likeness (QED) is 0.733. The van der Waals surface area contributed by atoms with Crippen molar-refractivity contribution >= 4 is 10.2 Å². The van der Waals surface area contributed by atoms with Gasteiger partial charge in [0.1, 0.15) is 0 Å². The van der Waals surface area contributed by atoms with Crippen LogP contribution in [0.15, 0.2) is 24.5 Å². The molecule has 1 aromatic heterocycles. The van der Waals surface area contributed by atoms with Crippen molar-refractivity contribution in [2.24, 2.45) is 0 Å². The van der Waals surface area contributed by atoms with Gasteiger partial charge in [0.05, 0.1) is 0 Å². The van der Waals surface area contributed by atoms with Crippen LogP contribution in [0.4, 0.5) is 0 Å². The van der Waals surface area contributed by atoms with Crippen molar-refractivity contribution in [2.75, 3.05) is 20.1 Å². The van der Waals surface area contributed by atoms with Crippen molar-refractivity contribution < 1.29 is 8.42 Å². The first-order valence-electron chi connectivity index (χ1n) is 6.62. The van der Waals surface area contributed by atoms with Crippen LogP contribution in [0.2, 0.25) is 0 Å². The summed E-state index contributed by atoms with van der Waals surface area (Å²) in [6.45, 7) is 5.48. The summed E-state index contributed by atoms with van der Waals surface area (Å²) in [4.78, 5) is 3.93. The van der Waals surface area contributed by atoms with E-state index in [1.807, 2.05) is 26.0 Å². The summed E-state index contributed by atoms with van der Waals surface area (Å²) >= 11 is 0. The lowest BCUT2D eigenvalue weighted by atomic mass is 10.3. The van der Waals surface area contributed by atoms with E-state index in [2.05, 4.69) is 4.98 Å². The smallest absolute Gasteiger partial charge is 0.265 e. The Labute approximate surface area is 116 Å². The molecule has 0 aliphatic rings. The maximum Gasteiger partial charge on any atom is 0.282 e. The van der Waals surface area contributed by atoms with E-state index in [1.54, 1.807) is 23.7 Å². The second kappa shape index (κ2) is 7.57. The monoisotopic (exact) mass is 285 g/mol. The van der Waals surface area contributed by atoms with Crippen molar-refractivity contribution in [3.63, 3.8) is 0 Å². The van der Waals surface area contributed by atoms with Gasteiger partial charge in [0.15, 0.2) is 0 Å². The van der Waals surface area contributed by atoms with Gasteiger partial charge in [0, 0.05) is 39.1 Å². The van der Waals surface area contributed by atoms with Crippen LogP contribution in [0, 0.1) is 0 Å². The van der Waals surface area contributed by atoms with E-state index in [0.29, 0.717) is 19.6 Å². The second-order valence-electron chi connectivity index (χ2n) is 4.52. The minimum atomic E-state index is -3.38. The zero-order valence-electron chi connectivity index (χ0n) is 11.9. The average molecular weight is 285 g/mol. The first kappa shape index (κ1) is 16.1. The molecular formula is C13H23N3O2S. The molecule has 0 aliphatic carbocycles. The average Bonchev–Trinajstić information content (AvgIpc) is 2.39. The van der Waals surface area contributed by atoms with E-state index >= 15 is 0 Å². The molecule has 0 unspecified atom stereocenters. The maximum atomic E-state index is 12.5. The van der Waals surface area contributed by atoms with Gasteiger partial charge >= 0.3 is 0 Å². The van der Waals surface area contributed by atoms with Crippen molar-refractivity contribution in [1.29, 1.82) is 0 Å². The number of rotatable bonds is 8. The van der Waals surface area contributed by atoms with Crippen LogP contribution in [0.1, 0.15) is 32.3 Å². The van der Waals surface area contributed by atoms with E-state index in [0.717, 1.165) is 18.4 Å². The first-order chi connectivity index (χ1) is 9.02. The number of nitrogens with zero attached hydrogens (tertiary/aromatic N) is 3. The van der Waals surface area contributed by atoms with Crippen LogP contribution in [0.25, 0.3) is 0 Å². The number of aromatic nitrogens is 1. The molecule has 0 saturated heterocycles. The van der Waals surface area contributed by atoms with E-state index in [-0.39, 0.29) is 0 Å². The third kappa shape index (κ3) is 4.56. The van der Waals surface area contributed by atoms with E-state index in [9.17, 15) is 8.42 Å². The Balaban J connectivity index is 2.79. The molecule has 0 radical (unpaired) electrons. The molecule has 19 heavy (non-hydrogen) atoms. The Morgan fingerprint density at radius 1 is 1.11 bits per heavy atom. The van der Waals surface area contributed by atoms with Crippen LogP contribution in [-0.4, -0.2) is 42.1 Å². The molecule has 0 fully saturated rings. The highest BCUT2D eigenvalue weighted by Crippen LogP contribution is 2.12. The summed E-state index contributed by atoms with van der Waals surface area (Å²) in [6, 6.07) is 3.66. The summed E-state index contributed by atoms with van der Waals surface area (Å²) in [7, 11) is -1.76. The van der Waals surface area contributed by atoms with Gasteiger partial charge in [-0.15, -0.1) is 0 Å². The Bertz CT molecular complexity index is 456. The van der Waals surface area contributed by atoms with Gasteiger partial charge < -0.3 is 0 Å². The van der Waals surface area contributed by atoms with Gasteiger partial charge in [0.25, 0.3) is 10.2 Å². The van der Waals surface area contributed by atoms with E-state index < -0.39 is 10.2 Å². The summed E-state index contributed by atoms with van der Waals surface area (Å²) in [5.41, 5.74) is 0.939. The van der Waals surface area contributed by atoms with Crippen molar-refractivity contribution in [1.82, 2.24) is 13.6 Å². The Kier molecular flexibility index (Phi) is 6.41. The van der Waals surface area contributed by atoms with Gasteiger partial charge in [-0.1, -0.05) is 13.8 Å². The highest BCUT2D eigenvalue weighted by atomic mass is 32.2. The topological polar surface area (TPSA) is 53.5 Å². The molecule has 1 rings (SSSR count). The molecule has 0 spiro atoms. The van der Waals surface area contributed by atoms with E-state index in [1.165, 1.54) is 4.31 Å².